The fourth-order valence-corrected chi connectivity index (χ4v) is 3.75. The Bertz CT molecular complexity index is 998. The summed E-state index contributed by atoms with van der Waals surface area (Å²) in [4.78, 5) is 100.0. The number of amides is 8. The van der Waals surface area contributed by atoms with Gasteiger partial charge in [0.05, 0.1) is 6.42 Å². The molecule has 0 aromatic heterocycles. The van der Waals surface area contributed by atoms with Crippen molar-refractivity contribution >= 4 is 53.2 Å². The van der Waals surface area contributed by atoms with Crippen LogP contribution in [0, 0.1) is 0 Å². The van der Waals surface area contributed by atoms with Crippen molar-refractivity contribution in [1.82, 2.24) is 31.1 Å². The molecule has 0 aromatic carbocycles. The SMILES string of the molecule is C.CCCCCNC.CNC(=O)CCC(=O)N1C(=O)CCC1=O.CNC(=O)CCC(=O)O.CNCCCCC(=O)N1C(=O)CCC1=O. The number of hydrogen-bond acceptors (Lipinski definition) is 11. The Kier molecular flexibility index (Phi) is 29.6. The van der Waals surface area contributed by atoms with Crippen molar-refractivity contribution in [3.63, 3.8) is 0 Å². The molecule has 0 unspecified atom stereocenters. The minimum Gasteiger partial charge on any atom is -0.481 e. The van der Waals surface area contributed by atoms with Crippen molar-refractivity contribution in [2.24, 2.45) is 0 Å². The Morgan fingerprint density at radius 3 is 1.28 bits per heavy atom. The number of imide groups is 6. The maximum Gasteiger partial charge on any atom is 0.303 e. The van der Waals surface area contributed by atoms with Crippen molar-refractivity contribution in [2.75, 3.05) is 41.3 Å². The standard InChI is InChI=1S/C10H16N2O3.C9H12N2O4.C6H15N.C5H9NO3.CH4/c1-11-7-3-2-4-8(13)12-9(14)5-6-10(12)15;1-10-6(12)2-3-7(13)11-8(14)4-5-9(11)15;1-3-4-5-6-7-2;1-6-4(7)2-3-5(8)9;/h11H,2-7H2,1H3;2-5H2,1H3,(H,10,12);7H,3-6H2,1-2H3;2-3H2,1H3,(H,6,7)(H,8,9);1H4. The second-order valence-electron chi connectivity index (χ2n) is 10.1. The Morgan fingerprint density at radius 1 is 0.574 bits per heavy atom. The third-order valence-electron chi connectivity index (χ3n) is 6.39. The second-order valence-corrected chi connectivity index (χ2v) is 10.1. The third-order valence-corrected chi connectivity index (χ3v) is 6.39. The van der Waals surface area contributed by atoms with Gasteiger partial charge in [-0.15, -0.1) is 0 Å². The minimum absolute atomic E-state index is 0. The zero-order chi connectivity index (χ0) is 35.5. The summed E-state index contributed by atoms with van der Waals surface area (Å²) in [6.45, 7) is 4.23. The molecule has 0 spiro atoms. The highest BCUT2D eigenvalue weighted by atomic mass is 16.4. The molecule has 2 aliphatic rings. The Labute approximate surface area is 278 Å². The van der Waals surface area contributed by atoms with Crippen LogP contribution in [-0.2, 0) is 43.2 Å². The van der Waals surface area contributed by atoms with Crippen LogP contribution >= 0.6 is 0 Å². The number of carbonyl (C=O) groups excluding carboxylic acids is 8. The molecule has 47 heavy (non-hydrogen) atoms. The van der Waals surface area contributed by atoms with Gasteiger partial charge in [0.1, 0.15) is 0 Å². The summed E-state index contributed by atoms with van der Waals surface area (Å²) in [6, 6.07) is 0. The highest BCUT2D eigenvalue weighted by molar-refractivity contribution is 6.15. The van der Waals surface area contributed by atoms with Gasteiger partial charge >= 0.3 is 5.97 Å². The van der Waals surface area contributed by atoms with Gasteiger partial charge in [-0.3, -0.25) is 43.2 Å². The monoisotopic (exact) mass is 672 g/mol. The van der Waals surface area contributed by atoms with Crippen LogP contribution in [0.3, 0.4) is 0 Å². The predicted molar refractivity (Wildman–Crippen MR) is 174 cm³/mol. The lowest BCUT2D eigenvalue weighted by atomic mass is 10.2. The van der Waals surface area contributed by atoms with Crippen LogP contribution in [0.15, 0.2) is 0 Å². The maximum atomic E-state index is 11.5. The fourth-order valence-electron chi connectivity index (χ4n) is 3.75. The van der Waals surface area contributed by atoms with Crippen molar-refractivity contribution in [1.29, 1.82) is 0 Å². The molecular weight excluding hydrogens is 616 g/mol. The third kappa shape index (κ3) is 23.0. The highest BCUT2D eigenvalue weighted by Gasteiger charge is 2.34. The first kappa shape index (κ1) is 47.4. The summed E-state index contributed by atoms with van der Waals surface area (Å²) in [6.07, 6.45) is 6.25. The number of unbranched alkanes of at least 4 members (excludes halogenated alkanes) is 3. The molecule has 0 saturated carbocycles. The molecule has 2 aliphatic heterocycles. The lowest BCUT2D eigenvalue weighted by Crippen LogP contribution is -2.36. The number of carboxylic acid groups (broad SMARTS) is 1. The van der Waals surface area contributed by atoms with E-state index in [-0.39, 0.29) is 94.7 Å². The number of rotatable bonds is 15. The van der Waals surface area contributed by atoms with Gasteiger partial charge in [-0.05, 0) is 46.4 Å². The number of hydrogen-bond donors (Lipinski definition) is 5. The van der Waals surface area contributed by atoms with Crippen molar-refractivity contribution in [3.8, 4) is 0 Å². The van der Waals surface area contributed by atoms with Crippen LogP contribution in [0.2, 0.25) is 0 Å². The number of nitrogens with zero attached hydrogens (tertiary/aromatic N) is 2. The average Bonchev–Trinajstić information content (AvgIpc) is 3.56. The van der Waals surface area contributed by atoms with Crippen LogP contribution in [-0.4, -0.2) is 109 Å². The quantitative estimate of drug-likeness (QED) is 0.121. The van der Waals surface area contributed by atoms with Gasteiger partial charge in [-0.25, -0.2) is 9.80 Å². The number of nitrogens with one attached hydrogen (secondary N) is 4. The van der Waals surface area contributed by atoms with E-state index in [2.05, 4.69) is 28.2 Å². The van der Waals surface area contributed by atoms with Gasteiger partial charge in [0, 0.05) is 65.5 Å². The van der Waals surface area contributed by atoms with E-state index in [1.165, 1.54) is 39.9 Å². The molecule has 0 bridgehead atoms. The molecule has 0 radical (unpaired) electrons. The van der Waals surface area contributed by atoms with E-state index >= 15 is 0 Å². The molecule has 2 fully saturated rings. The van der Waals surface area contributed by atoms with E-state index in [4.69, 9.17) is 5.11 Å². The van der Waals surface area contributed by atoms with Crippen LogP contribution in [0.4, 0.5) is 0 Å². The number of carbonyl (C=O) groups is 9. The van der Waals surface area contributed by atoms with E-state index in [0.29, 0.717) is 11.3 Å². The summed E-state index contributed by atoms with van der Waals surface area (Å²) in [5.74, 6) is -4.05. The summed E-state index contributed by atoms with van der Waals surface area (Å²) in [7, 11) is 6.77. The van der Waals surface area contributed by atoms with E-state index in [9.17, 15) is 43.2 Å². The molecule has 2 saturated heterocycles. The van der Waals surface area contributed by atoms with E-state index in [1.54, 1.807) is 0 Å². The molecule has 16 nitrogen and oxygen atoms in total. The van der Waals surface area contributed by atoms with E-state index in [1.807, 2.05) is 14.1 Å². The Morgan fingerprint density at radius 2 is 0.936 bits per heavy atom. The first-order valence-corrected chi connectivity index (χ1v) is 15.5. The topological polar surface area (TPSA) is 228 Å². The molecule has 0 aliphatic carbocycles. The molecule has 0 aromatic rings. The summed E-state index contributed by atoms with van der Waals surface area (Å²) < 4.78 is 0. The molecule has 8 amide bonds. The molecule has 2 heterocycles. The normalized spacial score (nSPS) is 13.2. The van der Waals surface area contributed by atoms with Crippen LogP contribution < -0.4 is 21.3 Å². The average molecular weight is 673 g/mol. The second kappa shape index (κ2) is 29.4. The van der Waals surface area contributed by atoms with E-state index < -0.39 is 23.7 Å². The predicted octanol–water partition coefficient (Wildman–Crippen LogP) is 0.869. The molecule has 16 heteroatoms. The first-order chi connectivity index (χ1) is 21.8. The molecule has 5 N–H and O–H groups in total. The van der Waals surface area contributed by atoms with E-state index in [0.717, 1.165) is 17.9 Å². The fraction of sp³-hybridized carbons (Fsp3) is 0.710. The lowest BCUT2D eigenvalue weighted by molar-refractivity contribution is -0.152. The van der Waals surface area contributed by atoms with Crippen LogP contribution in [0.25, 0.3) is 0 Å². The molecule has 270 valence electrons. The van der Waals surface area contributed by atoms with Crippen LogP contribution in [0.1, 0.15) is 104 Å². The maximum absolute atomic E-state index is 11.5. The zero-order valence-corrected chi connectivity index (χ0v) is 27.8. The first-order valence-electron chi connectivity index (χ1n) is 15.5. The largest absolute Gasteiger partial charge is 0.481 e. The molecule has 0 atom stereocenters. The van der Waals surface area contributed by atoms with Crippen LogP contribution in [0.5, 0.6) is 0 Å². The van der Waals surface area contributed by atoms with Gasteiger partial charge in [0.15, 0.2) is 0 Å². The molecular formula is C31H56N6O10. The highest BCUT2D eigenvalue weighted by Crippen LogP contribution is 2.14. The van der Waals surface area contributed by atoms with Gasteiger partial charge in [-0.1, -0.05) is 27.2 Å². The number of likely N-dealkylation sites (tertiary alicyclic amines) is 2. The smallest absolute Gasteiger partial charge is 0.303 e. The molecule has 2 rings (SSSR count). The Balaban J connectivity index is -0.000000571. The van der Waals surface area contributed by atoms with Crippen molar-refractivity contribution in [2.45, 2.75) is 104 Å². The van der Waals surface area contributed by atoms with Gasteiger partial charge in [-0.2, -0.15) is 0 Å². The van der Waals surface area contributed by atoms with Crippen molar-refractivity contribution in [3.05, 3.63) is 0 Å². The summed E-state index contributed by atoms with van der Waals surface area (Å²) in [5.41, 5.74) is 0. The summed E-state index contributed by atoms with van der Waals surface area (Å²) in [5, 5.41) is 18.8. The van der Waals surface area contributed by atoms with Crippen molar-refractivity contribution < 1.29 is 48.3 Å². The lowest BCUT2D eigenvalue weighted by Gasteiger charge is -2.11. The Hall–Kier alpha value is -4.05. The zero-order valence-electron chi connectivity index (χ0n) is 27.8. The number of carboxylic acids is 1. The minimum atomic E-state index is -0.946. The number of aliphatic carboxylic acids is 1. The van der Waals surface area contributed by atoms with Gasteiger partial charge in [0.25, 0.3) is 0 Å². The summed E-state index contributed by atoms with van der Waals surface area (Å²) >= 11 is 0. The van der Waals surface area contributed by atoms with Gasteiger partial charge < -0.3 is 26.4 Å². The van der Waals surface area contributed by atoms with Gasteiger partial charge in [0.2, 0.25) is 47.3 Å².